The lowest BCUT2D eigenvalue weighted by atomic mass is 9.81. The molecular formula is C31H42O3Si. The fourth-order valence-corrected chi connectivity index (χ4v) is 8.20. The summed E-state index contributed by atoms with van der Waals surface area (Å²) in [5, 5.41) is 0. The van der Waals surface area contributed by atoms with Crippen LogP contribution in [0.4, 0.5) is 0 Å². The van der Waals surface area contributed by atoms with Crippen molar-refractivity contribution in [2.45, 2.75) is 77.5 Å². The predicted molar refractivity (Wildman–Crippen MR) is 146 cm³/mol. The normalized spacial score (nSPS) is 22.2. The average molecular weight is 491 g/mol. The summed E-state index contributed by atoms with van der Waals surface area (Å²) in [7, 11) is -1.77. The molecule has 35 heavy (non-hydrogen) atoms. The van der Waals surface area contributed by atoms with E-state index in [0.717, 1.165) is 37.4 Å². The van der Waals surface area contributed by atoms with Gasteiger partial charge in [0.1, 0.15) is 0 Å². The lowest BCUT2D eigenvalue weighted by Crippen LogP contribution is -2.39. The third-order valence-electron chi connectivity index (χ3n) is 7.96. The molecule has 0 saturated carbocycles. The SMILES string of the molecule is CC[Si](CC)(CC)OC1=CC[C@@H](COCc2ccccc2)C2=CCC[C@@H]1[C@@H]2OCc1ccccc1. The summed E-state index contributed by atoms with van der Waals surface area (Å²) in [5.74, 6) is 1.83. The standard InChI is InChI=1S/C31H42O3Si/c1-4-35(5-2,6-3)34-30-21-20-27(24-32-22-25-14-9-7-10-15-25)28-18-13-19-29(30)31(28)33-23-26-16-11-8-12-17-26/h7-12,14-18,21,27,29,31H,4-6,13,19-20,22-24H2,1-3H3/t27-,29-,31+/m0/s1. The third kappa shape index (κ3) is 6.55. The minimum atomic E-state index is -1.77. The number of hydrogen-bond acceptors (Lipinski definition) is 3. The highest BCUT2D eigenvalue weighted by atomic mass is 28.4. The highest BCUT2D eigenvalue weighted by molar-refractivity contribution is 6.73. The molecule has 4 rings (SSSR count). The molecule has 0 aromatic heterocycles. The number of rotatable bonds is 12. The van der Waals surface area contributed by atoms with Gasteiger partial charge in [0.15, 0.2) is 0 Å². The van der Waals surface area contributed by atoms with Crippen molar-refractivity contribution in [1.82, 2.24) is 0 Å². The van der Waals surface area contributed by atoms with Gasteiger partial charge >= 0.3 is 0 Å². The molecule has 188 valence electrons. The van der Waals surface area contributed by atoms with Crippen LogP contribution in [0.5, 0.6) is 0 Å². The Balaban J connectivity index is 1.55. The van der Waals surface area contributed by atoms with E-state index in [2.05, 4.69) is 93.6 Å². The van der Waals surface area contributed by atoms with E-state index in [-0.39, 0.29) is 6.10 Å². The van der Waals surface area contributed by atoms with Crippen molar-refractivity contribution in [1.29, 1.82) is 0 Å². The number of fused-ring (bicyclic) bond motifs is 2. The van der Waals surface area contributed by atoms with Crippen LogP contribution in [0.15, 0.2) is 84.1 Å². The monoisotopic (exact) mass is 490 g/mol. The molecule has 2 aromatic carbocycles. The van der Waals surface area contributed by atoms with E-state index in [9.17, 15) is 0 Å². The third-order valence-corrected chi connectivity index (χ3v) is 12.5. The molecule has 0 heterocycles. The van der Waals surface area contributed by atoms with Crippen LogP contribution >= 0.6 is 0 Å². The molecule has 0 unspecified atom stereocenters. The molecule has 2 aliphatic carbocycles. The van der Waals surface area contributed by atoms with Gasteiger partial charge in [-0.05, 0) is 60.2 Å². The lowest BCUT2D eigenvalue weighted by Gasteiger charge is -2.38. The molecule has 0 fully saturated rings. The van der Waals surface area contributed by atoms with E-state index in [1.54, 1.807) is 0 Å². The first-order valence-corrected chi connectivity index (χ1v) is 16.1. The Labute approximate surface area is 213 Å². The summed E-state index contributed by atoms with van der Waals surface area (Å²) in [5.41, 5.74) is 3.85. The van der Waals surface area contributed by atoms with Crippen LogP contribution in [0.25, 0.3) is 0 Å². The van der Waals surface area contributed by atoms with Crippen molar-refractivity contribution in [3.05, 3.63) is 95.3 Å². The van der Waals surface area contributed by atoms with E-state index in [4.69, 9.17) is 13.9 Å². The fraction of sp³-hybridized carbons (Fsp3) is 0.484. The van der Waals surface area contributed by atoms with E-state index < -0.39 is 8.32 Å². The van der Waals surface area contributed by atoms with Gasteiger partial charge in [0.2, 0.25) is 8.32 Å². The maximum absolute atomic E-state index is 7.05. The first kappa shape index (κ1) is 25.9. The Morgan fingerprint density at radius 3 is 2.06 bits per heavy atom. The molecule has 0 spiro atoms. The fourth-order valence-electron chi connectivity index (χ4n) is 5.53. The van der Waals surface area contributed by atoms with Crippen LogP contribution in [0.3, 0.4) is 0 Å². The maximum atomic E-state index is 7.05. The molecule has 0 amide bonds. The molecule has 0 aliphatic heterocycles. The van der Waals surface area contributed by atoms with Crippen molar-refractivity contribution >= 4 is 8.32 Å². The lowest BCUT2D eigenvalue weighted by molar-refractivity contribution is 0.00787. The number of allylic oxidation sites excluding steroid dienone is 2. The summed E-state index contributed by atoms with van der Waals surface area (Å²) < 4.78 is 20.0. The van der Waals surface area contributed by atoms with E-state index in [1.165, 1.54) is 22.5 Å². The van der Waals surface area contributed by atoms with Gasteiger partial charge in [0.05, 0.1) is 31.7 Å². The van der Waals surface area contributed by atoms with E-state index in [0.29, 0.717) is 31.7 Å². The number of benzene rings is 2. The summed E-state index contributed by atoms with van der Waals surface area (Å²) in [4.78, 5) is 0. The Kier molecular flexibility index (Phi) is 9.42. The van der Waals surface area contributed by atoms with Gasteiger partial charge in [-0.25, -0.2) is 0 Å². The number of ether oxygens (including phenoxy) is 2. The minimum absolute atomic E-state index is 0.0558. The predicted octanol–water partition coefficient (Wildman–Crippen LogP) is 8.05. The summed E-state index contributed by atoms with van der Waals surface area (Å²) in [6, 6.07) is 24.5. The maximum Gasteiger partial charge on any atom is 0.250 e. The zero-order chi connectivity index (χ0) is 24.5. The van der Waals surface area contributed by atoms with Crippen molar-refractivity contribution in [3.63, 3.8) is 0 Å². The molecule has 0 N–H and O–H groups in total. The molecule has 2 aromatic rings. The molecule has 4 heteroatoms. The smallest absolute Gasteiger partial charge is 0.250 e. The molecule has 3 atom stereocenters. The first-order chi connectivity index (χ1) is 17.2. The van der Waals surface area contributed by atoms with E-state index in [1.807, 2.05) is 0 Å². The van der Waals surface area contributed by atoms with Crippen LogP contribution < -0.4 is 0 Å². The molecular weight excluding hydrogens is 448 g/mol. The second-order valence-electron chi connectivity index (χ2n) is 9.99. The van der Waals surface area contributed by atoms with Crippen molar-refractivity contribution in [3.8, 4) is 0 Å². The largest absolute Gasteiger partial charge is 0.546 e. The van der Waals surface area contributed by atoms with Crippen molar-refractivity contribution in [2.75, 3.05) is 6.61 Å². The van der Waals surface area contributed by atoms with Crippen molar-refractivity contribution in [2.24, 2.45) is 11.8 Å². The minimum Gasteiger partial charge on any atom is -0.546 e. The van der Waals surface area contributed by atoms with Gasteiger partial charge in [0, 0.05) is 11.8 Å². The van der Waals surface area contributed by atoms with Gasteiger partial charge in [0.25, 0.3) is 0 Å². The second-order valence-corrected chi connectivity index (χ2v) is 14.7. The molecule has 0 radical (unpaired) electrons. The summed E-state index contributed by atoms with van der Waals surface area (Å²) >= 11 is 0. The average Bonchev–Trinajstić information content (AvgIpc) is 2.98. The quantitative estimate of drug-likeness (QED) is 0.222. The van der Waals surface area contributed by atoms with Gasteiger partial charge in [-0.2, -0.15) is 0 Å². The Bertz CT molecular complexity index is 957. The van der Waals surface area contributed by atoms with Gasteiger partial charge in [-0.1, -0.05) is 87.5 Å². The Hall–Kier alpha value is -2.14. The van der Waals surface area contributed by atoms with Crippen LogP contribution in [0.2, 0.25) is 18.1 Å². The van der Waals surface area contributed by atoms with Crippen LogP contribution in [-0.4, -0.2) is 21.0 Å². The van der Waals surface area contributed by atoms with E-state index >= 15 is 0 Å². The van der Waals surface area contributed by atoms with Gasteiger partial charge < -0.3 is 13.9 Å². The Morgan fingerprint density at radius 1 is 0.800 bits per heavy atom. The highest BCUT2D eigenvalue weighted by Gasteiger charge is 2.41. The Morgan fingerprint density at radius 2 is 1.43 bits per heavy atom. The number of hydrogen-bond donors (Lipinski definition) is 0. The van der Waals surface area contributed by atoms with Gasteiger partial charge in [-0.3, -0.25) is 0 Å². The molecule has 0 saturated heterocycles. The molecule has 2 bridgehead atoms. The first-order valence-electron chi connectivity index (χ1n) is 13.5. The zero-order valence-corrected chi connectivity index (χ0v) is 22.7. The van der Waals surface area contributed by atoms with Crippen LogP contribution in [-0.2, 0) is 27.1 Å². The summed E-state index contributed by atoms with van der Waals surface area (Å²) in [6.07, 6.45) is 8.02. The van der Waals surface area contributed by atoms with Crippen LogP contribution in [0, 0.1) is 11.8 Å². The van der Waals surface area contributed by atoms with Gasteiger partial charge in [-0.15, -0.1) is 0 Å². The highest BCUT2D eigenvalue weighted by Crippen LogP contribution is 2.43. The summed E-state index contributed by atoms with van der Waals surface area (Å²) in [6.45, 7) is 8.92. The van der Waals surface area contributed by atoms with Crippen molar-refractivity contribution < 1.29 is 13.9 Å². The zero-order valence-electron chi connectivity index (χ0n) is 21.7. The van der Waals surface area contributed by atoms with Crippen LogP contribution in [0.1, 0.15) is 51.2 Å². The topological polar surface area (TPSA) is 27.7 Å². The molecule has 3 nitrogen and oxygen atoms in total. The second kappa shape index (κ2) is 12.7. The molecule has 2 aliphatic rings.